The largest absolute Gasteiger partial charge is 0.480 e. The summed E-state index contributed by atoms with van der Waals surface area (Å²) in [6.07, 6.45) is -1.52. The topological polar surface area (TPSA) is 143 Å². The number of carboxylic acids is 1. The first-order valence-corrected chi connectivity index (χ1v) is 10.2. The lowest BCUT2D eigenvalue weighted by Gasteiger charge is -2.25. The van der Waals surface area contributed by atoms with Crippen LogP contribution in [0.15, 0.2) is 30.3 Å². The van der Waals surface area contributed by atoms with E-state index in [2.05, 4.69) is 16.0 Å². The van der Waals surface area contributed by atoms with Crippen LogP contribution >= 0.6 is 0 Å². The SMILES string of the molecule is CC(C)(C)OC(=O)NC[C@H](NC(=O)[C@H](Cc1ccccc1)NC(=O)OC(C)(C)C)C(=O)O. The van der Waals surface area contributed by atoms with Gasteiger partial charge >= 0.3 is 18.2 Å². The molecule has 32 heavy (non-hydrogen) atoms. The molecule has 1 rings (SSSR count). The number of benzene rings is 1. The van der Waals surface area contributed by atoms with Crippen molar-refractivity contribution in [1.29, 1.82) is 0 Å². The summed E-state index contributed by atoms with van der Waals surface area (Å²) < 4.78 is 10.3. The van der Waals surface area contributed by atoms with Gasteiger partial charge in [-0.15, -0.1) is 0 Å². The van der Waals surface area contributed by atoms with Gasteiger partial charge in [-0.05, 0) is 47.1 Å². The molecule has 0 spiro atoms. The van der Waals surface area contributed by atoms with Gasteiger partial charge in [-0.25, -0.2) is 14.4 Å². The van der Waals surface area contributed by atoms with Crippen LogP contribution in [0.25, 0.3) is 0 Å². The Bertz CT molecular complexity index is 798. The lowest BCUT2D eigenvalue weighted by molar-refractivity contribution is -0.141. The molecule has 0 saturated carbocycles. The Hall–Kier alpha value is -3.30. The molecule has 10 nitrogen and oxygen atoms in total. The summed E-state index contributed by atoms with van der Waals surface area (Å²) in [5.41, 5.74) is -0.786. The van der Waals surface area contributed by atoms with Crippen LogP contribution in [-0.2, 0) is 25.5 Å². The Kier molecular flexibility index (Phi) is 9.49. The van der Waals surface area contributed by atoms with E-state index >= 15 is 0 Å². The van der Waals surface area contributed by atoms with E-state index in [1.54, 1.807) is 65.8 Å². The van der Waals surface area contributed by atoms with E-state index in [1.807, 2.05) is 6.07 Å². The average Bonchev–Trinajstić information content (AvgIpc) is 2.62. The second-order valence-corrected chi connectivity index (χ2v) is 9.17. The number of carbonyl (C=O) groups excluding carboxylic acids is 3. The predicted octanol–water partition coefficient (Wildman–Crippen LogP) is 2.22. The summed E-state index contributed by atoms with van der Waals surface area (Å²) in [4.78, 5) is 48.5. The number of rotatable bonds is 8. The van der Waals surface area contributed by atoms with Crippen molar-refractivity contribution < 1.29 is 33.8 Å². The van der Waals surface area contributed by atoms with Crippen molar-refractivity contribution in [2.75, 3.05) is 6.54 Å². The first-order valence-electron chi connectivity index (χ1n) is 10.2. The Morgan fingerprint density at radius 2 is 1.38 bits per heavy atom. The number of hydrogen-bond acceptors (Lipinski definition) is 6. The zero-order valence-electron chi connectivity index (χ0n) is 19.4. The van der Waals surface area contributed by atoms with E-state index in [9.17, 15) is 24.3 Å². The van der Waals surface area contributed by atoms with Crippen LogP contribution in [0.1, 0.15) is 47.1 Å². The maximum Gasteiger partial charge on any atom is 0.408 e. The molecule has 0 bridgehead atoms. The van der Waals surface area contributed by atoms with Crippen molar-refractivity contribution >= 4 is 24.1 Å². The minimum atomic E-state index is -1.44. The molecule has 2 atom stereocenters. The molecule has 0 unspecified atom stereocenters. The predicted molar refractivity (Wildman–Crippen MR) is 117 cm³/mol. The first kappa shape index (κ1) is 26.7. The Morgan fingerprint density at radius 1 is 0.844 bits per heavy atom. The fourth-order valence-corrected chi connectivity index (χ4v) is 2.48. The number of aliphatic carboxylic acids is 1. The molecule has 3 amide bonds. The lowest BCUT2D eigenvalue weighted by Crippen LogP contribution is -2.56. The highest BCUT2D eigenvalue weighted by Crippen LogP contribution is 2.09. The Balaban J connectivity index is 2.89. The summed E-state index contributed by atoms with van der Waals surface area (Å²) in [5.74, 6) is -2.09. The van der Waals surface area contributed by atoms with Crippen molar-refractivity contribution in [3.63, 3.8) is 0 Å². The Labute approximate surface area is 188 Å². The highest BCUT2D eigenvalue weighted by molar-refractivity contribution is 5.89. The molecule has 0 aliphatic carbocycles. The van der Waals surface area contributed by atoms with Gasteiger partial charge in [0.2, 0.25) is 5.91 Å². The summed E-state index contributed by atoms with van der Waals surface area (Å²) in [6, 6.07) is 6.38. The van der Waals surface area contributed by atoms with Crippen LogP contribution in [0.5, 0.6) is 0 Å². The lowest BCUT2D eigenvalue weighted by atomic mass is 10.0. The van der Waals surface area contributed by atoms with E-state index < -0.39 is 53.9 Å². The number of amides is 3. The van der Waals surface area contributed by atoms with E-state index in [0.717, 1.165) is 5.56 Å². The van der Waals surface area contributed by atoms with Gasteiger partial charge < -0.3 is 30.5 Å². The molecule has 10 heteroatoms. The second-order valence-electron chi connectivity index (χ2n) is 9.17. The third-order valence-corrected chi connectivity index (χ3v) is 3.75. The molecule has 0 heterocycles. The van der Waals surface area contributed by atoms with E-state index in [-0.39, 0.29) is 6.42 Å². The maximum atomic E-state index is 12.8. The highest BCUT2D eigenvalue weighted by atomic mass is 16.6. The monoisotopic (exact) mass is 451 g/mol. The first-order chi connectivity index (χ1) is 14.7. The van der Waals surface area contributed by atoms with Gasteiger partial charge in [0, 0.05) is 6.42 Å². The smallest absolute Gasteiger partial charge is 0.408 e. The molecule has 0 saturated heterocycles. The summed E-state index contributed by atoms with van der Waals surface area (Å²) in [6.45, 7) is 9.64. The molecule has 0 radical (unpaired) electrons. The van der Waals surface area contributed by atoms with Crippen LogP contribution in [0, 0.1) is 0 Å². The second kappa shape index (κ2) is 11.4. The van der Waals surface area contributed by atoms with E-state index in [0.29, 0.717) is 0 Å². The maximum absolute atomic E-state index is 12.8. The minimum Gasteiger partial charge on any atom is -0.480 e. The van der Waals surface area contributed by atoms with Crippen LogP contribution in [0.4, 0.5) is 9.59 Å². The number of carbonyl (C=O) groups is 4. The quantitative estimate of drug-likeness (QED) is 0.474. The molecule has 1 aromatic rings. The molecule has 0 aliphatic rings. The van der Waals surface area contributed by atoms with Crippen molar-refractivity contribution in [2.45, 2.75) is 71.2 Å². The molecule has 0 fully saturated rings. The van der Waals surface area contributed by atoms with Crippen molar-refractivity contribution in [3.8, 4) is 0 Å². The highest BCUT2D eigenvalue weighted by Gasteiger charge is 2.29. The molecule has 178 valence electrons. The van der Waals surface area contributed by atoms with Crippen LogP contribution < -0.4 is 16.0 Å². The number of nitrogens with one attached hydrogen (secondary N) is 3. The minimum absolute atomic E-state index is 0.109. The molecule has 0 aliphatic heterocycles. The average molecular weight is 452 g/mol. The van der Waals surface area contributed by atoms with Crippen LogP contribution in [-0.4, -0.2) is 59.0 Å². The van der Waals surface area contributed by atoms with Gasteiger partial charge in [0.05, 0.1) is 6.54 Å². The van der Waals surface area contributed by atoms with Crippen molar-refractivity contribution in [1.82, 2.24) is 16.0 Å². The van der Waals surface area contributed by atoms with Gasteiger partial charge in [-0.3, -0.25) is 4.79 Å². The third kappa shape index (κ3) is 11.2. The summed E-state index contributed by atoms with van der Waals surface area (Å²) >= 11 is 0. The standard InChI is InChI=1S/C22H33N3O7/c1-21(2,3)31-19(29)23-13-16(18(27)28)24-17(26)15(12-14-10-8-7-9-11-14)25-20(30)32-22(4,5)6/h7-11,15-16H,12-13H2,1-6H3,(H,23,29)(H,24,26)(H,25,30)(H,27,28)/t15-,16-/m0/s1. The third-order valence-electron chi connectivity index (χ3n) is 3.75. The van der Waals surface area contributed by atoms with Crippen LogP contribution in [0.3, 0.4) is 0 Å². The van der Waals surface area contributed by atoms with Gasteiger partial charge in [0.25, 0.3) is 0 Å². The molecular formula is C22H33N3O7. The molecule has 1 aromatic carbocycles. The normalized spacial score (nSPS) is 13.3. The van der Waals surface area contributed by atoms with E-state index in [4.69, 9.17) is 9.47 Å². The fourth-order valence-electron chi connectivity index (χ4n) is 2.48. The fraction of sp³-hybridized carbons (Fsp3) is 0.545. The van der Waals surface area contributed by atoms with Crippen molar-refractivity contribution in [2.24, 2.45) is 0 Å². The van der Waals surface area contributed by atoms with Gasteiger partial charge in [0.1, 0.15) is 23.3 Å². The number of alkyl carbamates (subject to hydrolysis) is 2. The Morgan fingerprint density at radius 3 is 1.88 bits per heavy atom. The number of hydrogen-bond donors (Lipinski definition) is 4. The molecular weight excluding hydrogens is 418 g/mol. The van der Waals surface area contributed by atoms with Gasteiger partial charge in [-0.1, -0.05) is 30.3 Å². The summed E-state index contributed by atoms with van der Waals surface area (Å²) in [5, 5.41) is 16.6. The zero-order valence-corrected chi connectivity index (χ0v) is 19.4. The number of ether oxygens (including phenoxy) is 2. The van der Waals surface area contributed by atoms with Gasteiger partial charge in [0.15, 0.2) is 0 Å². The van der Waals surface area contributed by atoms with E-state index in [1.165, 1.54) is 0 Å². The molecule has 0 aromatic heterocycles. The molecule has 4 N–H and O–H groups in total. The summed E-state index contributed by atoms with van der Waals surface area (Å²) in [7, 11) is 0. The number of carboxylic acid groups (broad SMARTS) is 1. The zero-order chi connectivity index (χ0) is 24.5. The van der Waals surface area contributed by atoms with Crippen LogP contribution in [0.2, 0.25) is 0 Å². The van der Waals surface area contributed by atoms with Crippen molar-refractivity contribution in [3.05, 3.63) is 35.9 Å². The van der Waals surface area contributed by atoms with Gasteiger partial charge in [-0.2, -0.15) is 0 Å².